The Morgan fingerprint density at radius 3 is 2.53 bits per heavy atom. The Balaban J connectivity index is 1.48. The van der Waals surface area contributed by atoms with Crippen LogP contribution in [0.4, 0.5) is 17.3 Å². The monoisotopic (exact) mass is 508 g/mol. The lowest BCUT2D eigenvalue weighted by atomic mass is 9.85. The van der Waals surface area contributed by atoms with Gasteiger partial charge >= 0.3 is 0 Å². The standard InChI is InChI=1S/C30H32N6O2/c1-17-15-20(9-11-22(17)29(38)34-24-8-6-7-18(2)32-24)26-25(27(31)37)28-33-23-12-10-21(30(3,4)5)16-19(23)13-14-36(28)35-26/h6-12,15-16,33H,13-14H2,1-5H3,(H2,31,37)(H,32,34,38). The Hall–Kier alpha value is -4.46. The highest BCUT2D eigenvalue weighted by atomic mass is 16.2. The summed E-state index contributed by atoms with van der Waals surface area (Å²) in [5.41, 5.74) is 12.9. The van der Waals surface area contributed by atoms with E-state index >= 15 is 0 Å². The van der Waals surface area contributed by atoms with Crippen molar-refractivity contribution in [2.24, 2.45) is 5.73 Å². The van der Waals surface area contributed by atoms with Crippen LogP contribution in [-0.2, 0) is 18.4 Å². The third kappa shape index (κ3) is 4.77. The van der Waals surface area contributed by atoms with Crippen LogP contribution in [0.2, 0.25) is 0 Å². The lowest BCUT2D eigenvalue weighted by molar-refractivity contribution is 0.0998. The molecule has 2 aromatic heterocycles. The third-order valence-corrected chi connectivity index (χ3v) is 6.89. The van der Waals surface area contributed by atoms with E-state index in [-0.39, 0.29) is 11.3 Å². The van der Waals surface area contributed by atoms with Gasteiger partial charge in [0.2, 0.25) is 0 Å². The summed E-state index contributed by atoms with van der Waals surface area (Å²) in [5.74, 6) is 0.261. The van der Waals surface area contributed by atoms with Gasteiger partial charge < -0.3 is 16.4 Å². The lowest BCUT2D eigenvalue weighted by Crippen LogP contribution is -2.15. The number of rotatable bonds is 4. The number of fused-ring (bicyclic) bond motifs is 2. The number of amides is 2. The highest BCUT2D eigenvalue weighted by molar-refractivity contribution is 6.06. The van der Waals surface area contributed by atoms with Crippen molar-refractivity contribution in [2.45, 2.75) is 53.0 Å². The minimum absolute atomic E-state index is 0.0396. The Morgan fingerprint density at radius 2 is 1.84 bits per heavy atom. The first-order chi connectivity index (χ1) is 18.0. The first-order valence-electron chi connectivity index (χ1n) is 12.7. The van der Waals surface area contributed by atoms with Crippen LogP contribution < -0.4 is 16.4 Å². The van der Waals surface area contributed by atoms with Crippen molar-refractivity contribution < 1.29 is 9.59 Å². The Bertz CT molecular complexity index is 1580. The largest absolute Gasteiger partial charge is 0.365 e. The van der Waals surface area contributed by atoms with Crippen molar-refractivity contribution >= 4 is 29.1 Å². The van der Waals surface area contributed by atoms with Crippen molar-refractivity contribution in [3.05, 3.63) is 88.1 Å². The summed E-state index contributed by atoms with van der Waals surface area (Å²) >= 11 is 0. The van der Waals surface area contributed by atoms with Crippen molar-refractivity contribution in [3.8, 4) is 11.3 Å². The number of hydrogen-bond donors (Lipinski definition) is 3. The molecule has 4 aromatic rings. The summed E-state index contributed by atoms with van der Waals surface area (Å²) in [5, 5.41) is 11.1. The average Bonchev–Trinajstić information content (AvgIpc) is 3.11. The number of hydrogen-bond acceptors (Lipinski definition) is 5. The topological polar surface area (TPSA) is 115 Å². The number of benzene rings is 2. The Labute approximate surface area is 222 Å². The van der Waals surface area contributed by atoms with Crippen LogP contribution in [-0.4, -0.2) is 26.6 Å². The molecule has 2 aromatic carbocycles. The molecule has 1 aliphatic rings. The number of primary amides is 1. The molecular weight excluding hydrogens is 476 g/mol. The van der Waals surface area contributed by atoms with Gasteiger partial charge in [-0.3, -0.25) is 9.59 Å². The number of aromatic nitrogens is 3. The summed E-state index contributed by atoms with van der Waals surface area (Å²) < 4.78 is 1.81. The van der Waals surface area contributed by atoms with Crippen LogP contribution in [0.25, 0.3) is 11.3 Å². The summed E-state index contributed by atoms with van der Waals surface area (Å²) in [4.78, 5) is 29.9. The van der Waals surface area contributed by atoms with Crippen LogP contribution in [0.3, 0.4) is 0 Å². The summed E-state index contributed by atoms with van der Waals surface area (Å²) in [7, 11) is 0. The highest BCUT2D eigenvalue weighted by Crippen LogP contribution is 2.36. The van der Waals surface area contributed by atoms with Crippen molar-refractivity contribution in [2.75, 3.05) is 10.6 Å². The second kappa shape index (κ2) is 9.45. The normalized spacial score (nSPS) is 12.7. The van der Waals surface area contributed by atoms with E-state index < -0.39 is 5.91 Å². The molecule has 0 saturated heterocycles. The van der Waals surface area contributed by atoms with E-state index in [0.29, 0.717) is 40.6 Å². The molecule has 1 aliphatic heterocycles. The van der Waals surface area contributed by atoms with Gasteiger partial charge in [-0.2, -0.15) is 5.10 Å². The Morgan fingerprint density at radius 1 is 1.05 bits per heavy atom. The smallest absolute Gasteiger partial charge is 0.257 e. The zero-order valence-electron chi connectivity index (χ0n) is 22.3. The van der Waals surface area contributed by atoms with E-state index in [1.165, 1.54) is 11.1 Å². The summed E-state index contributed by atoms with van der Waals surface area (Å²) in [6.45, 7) is 10.9. The molecule has 0 radical (unpaired) electrons. The molecule has 0 saturated carbocycles. The van der Waals surface area contributed by atoms with Crippen LogP contribution >= 0.6 is 0 Å². The maximum Gasteiger partial charge on any atom is 0.257 e. The van der Waals surface area contributed by atoms with Gasteiger partial charge in [-0.05, 0) is 72.7 Å². The first-order valence-corrected chi connectivity index (χ1v) is 12.7. The van der Waals surface area contributed by atoms with Gasteiger partial charge in [0.25, 0.3) is 11.8 Å². The van der Waals surface area contributed by atoms with E-state index in [0.717, 1.165) is 23.4 Å². The van der Waals surface area contributed by atoms with Crippen LogP contribution in [0.5, 0.6) is 0 Å². The number of pyridine rings is 1. The number of nitrogens with one attached hydrogen (secondary N) is 2. The molecule has 5 rings (SSSR count). The van der Waals surface area contributed by atoms with Crippen molar-refractivity contribution in [1.82, 2.24) is 14.8 Å². The predicted octanol–water partition coefficient (Wildman–Crippen LogP) is 5.51. The molecule has 3 heterocycles. The molecule has 8 nitrogen and oxygen atoms in total. The summed E-state index contributed by atoms with van der Waals surface area (Å²) in [6.07, 6.45) is 0.768. The van der Waals surface area contributed by atoms with Gasteiger partial charge in [-0.1, -0.05) is 45.0 Å². The van der Waals surface area contributed by atoms with E-state index in [1.807, 2.05) is 36.7 Å². The quantitative estimate of drug-likeness (QED) is 0.336. The number of aryl methyl sites for hydroxylation is 4. The zero-order chi connectivity index (χ0) is 27.2. The fourth-order valence-corrected chi connectivity index (χ4v) is 4.79. The lowest BCUT2D eigenvalue weighted by Gasteiger charge is -2.21. The SMILES string of the molecule is Cc1cccc(NC(=O)c2ccc(-c3nn4c(c3C(N)=O)Nc3ccc(C(C)(C)C)cc3CC4)cc2C)n1. The number of carbonyl (C=O) groups excluding carboxylic acids is 2. The van der Waals surface area contributed by atoms with Gasteiger partial charge in [-0.25, -0.2) is 9.67 Å². The van der Waals surface area contributed by atoms with Crippen LogP contribution in [0.1, 0.15) is 63.9 Å². The summed E-state index contributed by atoms with van der Waals surface area (Å²) in [6, 6.07) is 17.3. The molecule has 4 N–H and O–H groups in total. The van der Waals surface area contributed by atoms with Gasteiger partial charge in [0, 0.05) is 29.1 Å². The molecule has 0 bridgehead atoms. The third-order valence-electron chi connectivity index (χ3n) is 6.89. The molecule has 0 fully saturated rings. The molecule has 0 atom stereocenters. The molecule has 0 aliphatic carbocycles. The Kier molecular flexibility index (Phi) is 6.26. The minimum atomic E-state index is -0.562. The second-order valence-electron chi connectivity index (χ2n) is 10.8. The molecular formula is C30H32N6O2. The maximum atomic E-state index is 12.9. The van der Waals surface area contributed by atoms with Crippen LogP contribution in [0.15, 0.2) is 54.6 Å². The van der Waals surface area contributed by atoms with Crippen LogP contribution in [0, 0.1) is 13.8 Å². The van der Waals surface area contributed by atoms with Gasteiger partial charge in [-0.15, -0.1) is 0 Å². The molecule has 194 valence electrons. The predicted molar refractivity (Wildman–Crippen MR) is 150 cm³/mol. The zero-order valence-corrected chi connectivity index (χ0v) is 22.3. The first kappa shape index (κ1) is 25.2. The van der Waals surface area contributed by atoms with E-state index in [1.54, 1.807) is 18.2 Å². The molecule has 2 amide bonds. The van der Waals surface area contributed by atoms with Crippen molar-refractivity contribution in [3.63, 3.8) is 0 Å². The minimum Gasteiger partial charge on any atom is -0.365 e. The number of nitrogens with two attached hydrogens (primary N) is 1. The van der Waals surface area contributed by atoms with E-state index in [2.05, 4.69) is 54.6 Å². The second-order valence-corrected chi connectivity index (χ2v) is 10.8. The molecule has 38 heavy (non-hydrogen) atoms. The number of nitrogens with zero attached hydrogens (tertiary/aromatic N) is 3. The fourth-order valence-electron chi connectivity index (χ4n) is 4.79. The average molecular weight is 509 g/mol. The fraction of sp³-hybridized carbons (Fsp3) is 0.267. The van der Waals surface area contributed by atoms with E-state index in [9.17, 15) is 9.59 Å². The molecule has 0 spiro atoms. The number of anilines is 3. The van der Waals surface area contributed by atoms with Gasteiger partial charge in [0.1, 0.15) is 22.9 Å². The van der Waals surface area contributed by atoms with E-state index in [4.69, 9.17) is 10.8 Å². The van der Waals surface area contributed by atoms with Gasteiger partial charge in [0.05, 0.1) is 0 Å². The molecule has 8 heteroatoms. The van der Waals surface area contributed by atoms with Crippen molar-refractivity contribution in [1.29, 1.82) is 0 Å². The number of carbonyl (C=O) groups is 2. The maximum absolute atomic E-state index is 12.9. The highest BCUT2D eigenvalue weighted by Gasteiger charge is 2.27. The van der Waals surface area contributed by atoms with Gasteiger partial charge in [0.15, 0.2) is 0 Å². The molecule has 0 unspecified atom stereocenters.